The molecule has 1 aliphatic rings. The van der Waals surface area contributed by atoms with Gasteiger partial charge in [-0.15, -0.1) is 0 Å². The average Bonchev–Trinajstić information content (AvgIpc) is 3.44. The third kappa shape index (κ3) is 6.54. The van der Waals surface area contributed by atoms with Gasteiger partial charge in [-0.2, -0.15) is 26.3 Å². The van der Waals surface area contributed by atoms with E-state index in [1.54, 1.807) is 24.3 Å². The molecule has 42 heavy (non-hydrogen) atoms. The molecule has 1 fully saturated rings. The standard InChI is InChI=1S/C30H20F6N2O3S/c31-29(32,33)21-10-9-19(24(15-21)30(34,35)36)16-38-22(7-4-8-26-27(39)37-28(40)42-26)13-20-14-23(11-12-25(20)38)41-17-18-5-2-1-3-6-18/h1-15H,16-17H2,(H,37,39,40)/b7-4+,26-8+. The van der Waals surface area contributed by atoms with Crippen molar-refractivity contribution in [3.8, 4) is 5.75 Å². The van der Waals surface area contributed by atoms with Gasteiger partial charge in [0.15, 0.2) is 0 Å². The molecule has 0 radical (unpaired) electrons. The normalized spacial score (nSPS) is 15.2. The molecule has 12 heteroatoms. The van der Waals surface area contributed by atoms with E-state index in [1.807, 2.05) is 30.3 Å². The van der Waals surface area contributed by atoms with Crippen molar-refractivity contribution in [1.29, 1.82) is 0 Å². The number of benzene rings is 3. The number of carbonyl (C=O) groups excluding carboxylic acids is 2. The fourth-order valence-corrected chi connectivity index (χ4v) is 5.04. The Bertz CT molecular complexity index is 1720. The molecule has 1 saturated heterocycles. The number of fused-ring (bicyclic) bond motifs is 1. The van der Waals surface area contributed by atoms with E-state index in [0.717, 1.165) is 11.6 Å². The fourth-order valence-electron chi connectivity index (χ4n) is 4.41. The van der Waals surface area contributed by atoms with E-state index in [1.165, 1.54) is 22.8 Å². The van der Waals surface area contributed by atoms with Crippen molar-refractivity contribution in [2.24, 2.45) is 0 Å². The zero-order valence-corrected chi connectivity index (χ0v) is 22.2. The van der Waals surface area contributed by atoms with Crippen LogP contribution in [0.25, 0.3) is 17.0 Å². The Morgan fingerprint density at radius 3 is 2.31 bits per heavy atom. The van der Waals surface area contributed by atoms with E-state index < -0.39 is 41.2 Å². The van der Waals surface area contributed by atoms with Crippen LogP contribution in [-0.4, -0.2) is 15.7 Å². The minimum Gasteiger partial charge on any atom is -0.489 e. The third-order valence-corrected chi connectivity index (χ3v) is 7.21. The molecule has 1 aliphatic heterocycles. The average molecular weight is 603 g/mol. The van der Waals surface area contributed by atoms with E-state index in [-0.39, 0.29) is 23.1 Å². The molecule has 3 aromatic carbocycles. The molecular weight excluding hydrogens is 582 g/mol. The maximum Gasteiger partial charge on any atom is 0.416 e. The Labute approximate surface area is 239 Å². The second-order valence-corrected chi connectivity index (χ2v) is 10.3. The van der Waals surface area contributed by atoms with Gasteiger partial charge in [-0.1, -0.05) is 42.5 Å². The highest BCUT2D eigenvalue weighted by Gasteiger charge is 2.38. The number of allylic oxidation sites excluding steroid dienone is 2. The SMILES string of the molecule is O=C1NC(=O)/C(=C\C=C\c2cc3cc(OCc4ccccc4)ccc3n2Cc2ccc(C(F)(F)F)cc2C(F)(F)F)S1. The van der Waals surface area contributed by atoms with Crippen LogP contribution in [0.4, 0.5) is 31.1 Å². The van der Waals surface area contributed by atoms with Crippen molar-refractivity contribution in [1.82, 2.24) is 9.88 Å². The number of halogens is 6. The van der Waals surface area contributed by atoms with Crippen LogP contribution in [-0.2, 0) is 30.3 Å². The number of alkyl halides is 6. The quantitative estimate of drug-likeness (QED) is 0.171. The number of hydrogen-bond acceptors (Lipinski definition) is 4. The van der Waals surface area contributed by atoms with Crippen LogP contribution in [0, 0.1) is 0 Å². The maximum absolute atomic E-state index is 13.9. The van der Waals surface area contributed by atoms with Crippen LogP contribution in [0.1, 0.15) is 27.9 Å². The molecule has 0 bridgehead atoms. The molecule has 5 nitrogen and oxygen atoms in total. The molecule has 0 aliphatic carbocycles. The number of aromatic nitrogens is 1. The number of nitrogens with one attached hydrogen (secondary N) is 1. The van der Waals surface area contributed by atoms with Gasteiger partial charge >= 0.3 is 12.4 Å². The Balaban J connectivity index is 1.54. The Morgan fingerprint density at radius 2 is 1.64 bits per heavy atom. The number of hydrogen-bond donors (Lipinski definition) is 1. The van der Waals surface area contributed by atoms with Gasteiger partial charge in [-0.05, 0) is 71.4 Å². The summed E-state index contributed by atoms with van der Waals surface area (Å²) < 4.78 is 88.7. The summed E-state index contributed by atoms with van der Waals surface area (Å²) in [6.45, 7) is -0.114. The van der Waals surface area contributed by atoms with Crippen LogP contribution >= 0.6 is 11.8 Å². The summed E-state index contributed by atoms with van der Waals surface area (Å²) in [7, 11) is 0. The maximum atomic E-state index is 13.9. The molecule has 216 valence electrons. The second-order valence-electron chi connectivity index (χ2n) is 9.25. The van der Waals surface area contributed by atoms with Gasteiger partial charge in [-0.3, -0.25) is 14.9 Å². The topological polar surface area (TPSA) is 60.3 Å². The summed E-state index contributed by atoms with van der Waals surface area (Å²) in [6.07, 6.45) is -5.58. The van der Waals surface area contributed by atoms with Gasteiger partial charge in [0.2, 0.25) is 0 Å². The van der Waals surface area contributed by atoms with Gasteiger partial charge in [-0.25, -0.2) is 0 Å². The highest BCUT2D eigenvalue weighted by Crippen LogP contribution is 2.38. The molecule has 2 amide bonds. The summed E-state index contributed by atoms with van der Waals surface area (Å²) in [5.41, 5.74) is -1.31. The van der Waals surface area contributed by atoms with Gasteiger partial charge in [0, 0.05) is 23.1 Å². The summed E-state index contributed by atoms with van der Waals surface area (Å²) in [6, 6.07) is 17.7. The third-order valence-electron chi connectivity index (χ3n) is 6.38. The molecule has 0 unspecified atom stereocenters. The number of amides is 2. The van der Waals surface area contributed by atoms with Crippen LogP contribution in [0.3, 0.4) is 0 Å². The molecule has 1 aromatic heterocycles. The first kappa shape index (κ1) is 29.1. The molecule has 1 N–H and O–H groups in total. The van der Waals surface area contributed by atoms with E-state index in [0.29, 0.717) is 40.2 Å². The lowest BCUT2D eigenvalue weighted by Gasteiger charge is -2.18. The van der Waals surface area contributed by atoms with E-state index in [4.69, 9.17) is 4.74 Å². The predicted molar refractivity (Wildman–Crippen MR) is 147 cm³/mol. The van der Waals surface area contributed by atoms with Crippen molar-refractivity contribution < 1.29 is 40.7 Å². The van der Waals surface area contributed by atoms with E-state index >= 15 is 0 Å². The first-order valence-electron chi connectivity index (χ1n) is 12.4. The van der Waals surface area contributed by atoms with Crippen molar-refractivity contribution in [3.63, 3.8) is 0 Å². The number of rotatable bonds is 7. The minimum atomic E-state index is -5.03. The number of nitrogens with zero attached hydrogens (tertiary/aromatic N) is 1. The first-order chi connectivity index (χ1) is 19.9. The molecular formula is C30H20F6N2O3S. The van der Waals surface area contributed by atoms with Crippen molar-refractivity contribution in [3.05, 3.63) is 118 Å². The van der Waals surface area contributed by atoms with Crippen LogP contribution in [0.15, 0.2) is 89.9 Å². The van der Waals surface area contributed by atoms with Crippen molar-refractivity contribution in [2.45, 2.75) is 25.5 Å². The number of ether oxygens (including phenoxy) is 1. The molecule has 0 spiro atoms. The molecule has 2 heterocycles. The van der Waals surface area contributed by atoms with Gasteiger partial charge in [0.1, 0.15) is 12.4 Å². The van der Waals surface area contributed by atoms with E-state index in [9.17, 15) is 35.9 Å². The summed E-state index contributed by atoms with van der Waals surface area (Å²) >= 11 is 0.704. The smallest absolute Gasteiger partial charge is 0.416 e. The summed E-state index contributed by atoms with van der Waals surface area (Å²) in [5.74, 6) is -0.0702. The van der Waals surface area contributed by atoms with Crippen molar-refractivity contribution >= 4 is 39.9 Å². The molecule has 0 atom stereocenters. The van der Waals surface area contributed by atoms with Crippen LogP contribution in [0.2, 0.25) is 0 Å². The highest BCUT2D eigenvalue weighted by atomic mass is 32.2. The Hall–Kier alpha value is -4.45. The lowest BCUT2D eigenvalue weighted by atomic mass is 10.0. The lowest BCUT2D eigenvalue weighted by Crippen LogP contribution is -2.17. The molecule has 5 rings (SSSR count). The Kier molecular flexibility index (Phi) is 7.91. The number of imide groups is 1. The van der Waals surface area contributed by atoms with Gasteiger partial charge in [0.05, 0.1) is 16.0 Å². The van der Waals surface area contributed by atoms with Crippen LogP contribution < -0.4 is 10.1 Å². The highest BCUT2D eigenvalue weighted by molar-refractivity contribution is 8.18. The van der Waals surface area contributed by atoms with Gasteiger partial charge in [0.25, 0.3) is 11.1 Å². The minimum absolute atomic E-state index is 0.115. The van der Waals surface area contributed by atoms with Crippen LogP contribution in [0.5, 0.6) is 5.75 Å². The Morgan fingerprint density at radius 1 is 0.881 bits per heavy atom. The van der Waals surface area contributed by atoms with Crippen molar-refractivity contribution in [2.75, 3.05) is 0 Å². The fraction of sp³-hybridized carbons (Fsp3) is 0.133. The monoisotopic (exact) mass is 602 g/mol. The molecule has 0 saturated carbocycles. The zero-order valence-electron chi connectivity index (χ0n) is 21.4. The summed E-state index contributed by atoms with van der Waals surface area (Å²) in [4.78, 5) is 23.4. The predicted octanol–water partition coefficient (Wildman–Crippen LogP) is 8.19. The number of thioether (sulfide) groups is 1. The number of carbonyl (C=O) groups is 2. The van der Waals surface area contributed by atoms with Gasteiger partial charge < -0.3 is 9.30 Å². The zero-order chi connectivity index (χ0) is 30.1. The second kappa shape index (κ2) is 11.4. The largest absolute Gasteiger partial charge is 0.489 e. The lowest BCUT2D eigenvalue weighted by molar-refractivity contribution is -0.143. The summed E-state index contributed by atoms with van der Waals surface area (Å²) in [5, 5.41) is 2.20. The first-order valence-corrected chi connectivity index (χ1v) is 13.2. The van der Waals surface area contributed by atoms with E-state index in [2.05, 4.69) is 5.32 Å². The molecule has 4 aromatic rings.